The Morgan fingerprint density at radius 3 is 2.73 bits per heavy atom. The molecule has 1 fully saturated rings. The second-order valence-electron chi connectivity index (χ2n) is 5.99. The lowest BCUT2D eigenvalue weighted by Gasteiger charge is -2.18. The largest absolute Gasteiger partial charge is 0.322 e. The number of hydrogen-bond donors (Lipinski definition) is 1. The molecule has 2 aromatic carbocycles. The first-order valence-electron chi connectivity index (χ1n) is 8.25. The minimum Gasteiger partial charge on any atom is -0.322 e. The molecule has 26 heavy (non-hydrogen) atoms. The van der Waals surface area contributed by atoms with Gasteiger partial charge in [0.1, 0.15) is 0 Å². The third-order valence-electron chi connectivity index (χ3n) is 4.09. The highest BCUT2D eigenvalue weighted by atomic mass is 35.5. The van der Waals surface area contributed by atoms with E-state index in [4.69, 9.17) is 11.6 Å². The third-order valence-corrected chi connectivity index (χ3v) is 6.28. The topological polar surface area (TPSA) is 66.5 Å². The molecule has 1 aliphatic heterocycles. The lowest BCUT2D eigenvalue weighted by atomic mass is 10.1. The van der Waals surface area contributed by atoms with E-state index < -0.39 is 10.0 Å². The number of benzene rings is 2. The molecule has 1 saturated heterocycles. The van der Waals surface area contributed by atoms with Crippen LogP contribution in [-0.2, 0) is 10.0 Å². The van der Waals surface area contributed by atoms with E-state index in [9.17, 15) is 13.2 Å². The van der Waals surface area contributed by atoms with Crippen LogP contribution in [0.2, 0.25) is 5.02 Å². The molecule has 7 heteroatoms. The number of amides is 1. The summed E-state index contributed by atoms with van der Waals surface area (Å²) in [6, 6.07) is 12.1. The van der Waals surface area contributed by atoms with Gasteiger partial charge in [0.2, 0.25) is 10.0 Å². The molecule has 2 aromatic rings. The van der Waals surface area contributed by atoms with E-state index in [-0.39, 0.29) is 22.2 Å². The molecule has 0 aliphatic carbocycles. The van der Waals surface area contributed by atoms with Crippen LogP contribution in [0.1, 0.15) is 29.3 Å². The first kappa shape index (κ1) is 18.5. The molecular weight excluding hydrogens is 372 g/mol. The second kappa shape index (κ2) is 7.51. The summed E-state index contributed by atoms with van der Waals surface area (Å²) in [5.74, 6) is -0.263. The van der Waals surface area contributed by atoms with E-state index in [1.54, 1.807) is 18.2 Å². The predicted molar refractivity (Wildman–Crippen MR) is 106 cm³/mol. The van der Waals surface area contributed by atoms with E-state index in [2.05, 4.69) is 5.32 Å². The van der Waals surface area contributed by atoms with Crippen LogP contribution in [0.25, 0.3) is 6.08 Å². The zero-order valence-corrected chi connectivity index (χ0v) is 15.8. The van der Waals surface area contributed by atoms with Gasteiger partial charge in [-0.1, -0.05) is 35.9 Å². The maximum atomic E-state index is 12.7. The minimum atomic E-state index is -3.32. The van der Waals surface area contributed by atoms with Crippen molar-refractivity contribution in [2.75, 3.05) is 21.9 Å². The number of nitrogens with zero attached hydrogens (tertiary/aromatic N) is 1. The number of anilines is 2. The Morgan fingerprint density at radius 1 is 1.23 bits per heavy atom. The summed E-state index contributed by atoms with van der Waals surface area (Å²) in [5.41, 5.74) is 2.30. The average Bonchev–Trinajstić information content (AvgIpc) is 2.95. The van der Waals surface area contributed by atoms with Crippen molar-refractivity contribution < 1.29 is 13.2 Å². The molecule has 0 radical (unpaired) electrons. The van der Waals surface area contributed by atoms with Crippen LogP contribution >= 0.6 is 11.6 Å². The highest BCUT2D eigenvalue weighted by molar-refractivity contribution is 7.93. The van der Waals surface area contributed by atoms with Crippen molar-refractivity contribution in [3.8, 4) is 0 Å². The average molecular weight is 391 g/mol. The predicted octanol–water partition coefficient (Wildman–Crippen LogP) is 4.17. The van der Waals surface area contributed by atoms with E-state index in [1.165, 1.54) is 10.4 Å². The fourth-order valence-corrected chi connectivity index (χ4v) is 4.64. The molecule has 1 aliphatic rings. The molecule has 1 amide bonds. The van der Waals surface area contributed by atoms with Gasteiger partial charge in [-0.15, -0.1) is 0 Å². The fraction of sp³-hybridized carbons (Fsp3) is 0.211. The van der Waals surface area contributed by atoms with Gasteiger partial charge in [0, 0.05) is 12.2 Å². The van der Waals surface area contributed by atoms with Gasteiger partial charge >= 0.3 is 0 Å². The molecule has 0 bridgehead atoms. The minimum absolute atomic E-state index is 0.120. The van der Waals surface area contributed by atoms with Crippen molar-refractivity contribution in [2.45, 2.75) is 13.3 Å². The molecule has 0 unspecified atom stereocenters. The number of carbonyl (C=O) groups is 1. The molecule has 3 rings (SSSR count). The lowest BCUT2D eigenvalue weighted by Crippen LogP contribution is -2.25. The summed E-state index contributed by atoms with van der Waals surface area (Å²) in [6.07, 6.45) is 4.42. The Hall–Kier alpha value is -2.31. The van der Waals surface area contributed by atoms with E-state index in [0.717, 1.165) is 5.56 Å². The van der Waals surface area contributed by atoms with Crippen LogP contribution in [-0.4, -0.2) is 26.6 Å². The Balaban J connectivity index is 1.88. The van der Waals surface area contributed by atoms with Crippen molar-refractivity contribution in [1.82, 2.24) is 0 Å². The second-order valence-corrected chi connectivity index (χ2v) is 8.41. The first-order chi connectivity index (χ1) is 12.4. The maximum absolute atomic E-state index is 12.7. The van der Waals surface area contributed by atoms with E-state index in [1.807, 2.05) is 37.3 Å². The highest BCUT2D eigenvalue weighted by Gasteiger charge is 2.29. The lowest BCUT2D eigenvalue weighted by molar-refractivity contribution is 0.102. The van der Waals surface area contributed by atoms with Crippen LogP contribution in [0.3, 0.4) is 0 Å². The normalized spacial score (nSPS) is 16.2. The molecule has 0 saturated carbocycles. The first-order valence-corrected chi connectivity index (χ1v) is 10.2. The molecule has 0 spiro atoms. The number of sulfonamides is 1. The number of allylic oxidation sites excluding steroid dienone is 1. The number of hydrogen-bond acceptors (Lipinski definition) is 3. The number of nitrogens with one attached hydrogen (secondary N) is 1. The Morgan fingerprint density at radius 2 is 2.04 bits per heavy atom. The SMILES string of the molecule is C/C=C/c1cccc(NC(=O)c2cc(N3CCCS3(=O)=O)ccc2Cl)c1. The van der Waals surface area contributed by atoms with Gasteiger partial charge in [-0.05, 0) is 49.2 Å². The van der Waals surface area contributed by atoms with Crippen LogP contribution in [0.4, 0.5) is 11.4 Å². The number of halogens is 1. The van der Waals surface area contributed by atoms with E-state index >= 15 is 0 Å². The zero-order valence-electron chi connectivity index (χ0n) is 14.3. The van der Waals surface area contributed by atoms with Gasteiger partial charge in [0.25, 0.3) is 5.91 Å². The van der Waals surface area contributed by atoms with Gasteiger partial charge in [0.05, 0.1) is 22.0 Å². The van der Waals surface area contributed by atoms with Gasteiger partial charge < -0.3 is 5.32 Å². The zero-order chi connectivity index (χ0) is 18.7. The Labute approximate surface area is 158 Å². The van der Waals surface area contributed by atoms with Crippen LogP contribution in [0.15, 0.2) is 48.5 Å². The highest BCUT2D eigenvalue weighted by Crippen LogP contribution is 2.29. The van der Waals surface area contributed by atoms with Crippen LogP contribution in [0.5, 0.6) is 0 Å². The number of carbonyl (C=O) groups excluding carboxylic acids is 1. The summed E-state index contributed by atoms with van der Waals surface area (Å²) < 4.78 is 25.5. The summed E-state index contributed by atoms with van der Waals surface area (Å²) in [5, 5.41) is 3.08. The van der Waals surface area contributed by atoms with Crippen LogP contribution < -0.4 is 9.62 Å². The van der Waals surface area contributed by atoms with Gasteiger partial charge in [-0.25, -0.2) is 8.42 Å². The van der Waals surface area contributed by atoms with Crippen molar-refractivity contribution in [3.05, 3.63) is 64.7 Å². The van der Waals surface area contributed by atoms with Crippen molar-refractivity contribution >= 4 is 45.0 Å². The quantitative estimate of drug-likeness (QED) is 0.852. The van der Waals surface area contributed by atoms with Crippen LogP contribution in [0, 0.1) is 0 Å². The summed E-state index contributed by atoms with van der Waals surface area (Å²) in [6.45, 7) is 2.33. The maximum Gasteiger partial charge on any atom is 0.257 e. The standard InChI is InChI=1S/C19H19ClN2O3S/c1-2-5-14-6-3-7-15(12-14)21-19(23)17-13-16(8-9-18(17)20)22-10-4-11-26(22,24)25/h2-3,5-9,12-13H,4,10-11H2,1H3,(H,21,23)/b5-2+. The Kier molecular flexibility index (Phi) is 5.34. The Bertz CT molecular complexity index is 970. The molecule has 1 heterocycles. The van der Waals surface area contributed by atoms with Gasteiger partial charge in [-0.2, -0.15) is 0 Å². The van der Waals surface area contributed by atoms with Crippen molar-refractivity contribution in [3.63, 3.8) is 0 Å². The third kappa shape index (κ3) is 3.92. The molecular formula is C19H19ClN2O3S. The van der Waals surface area contributed by atoms with E-state index in [0.29, 0.717) is 24.3 Å². The summed E-state index contributed by atoms with van der Waals surface area (Å²) in [4.78, 5) is 12.7. The molecule has 0 aromatic heterocycles. The van der Waals surface area contributed by atoms with Gasteiger partial charge in [-0.3, -0.25) is 9.10 Å². The molecule has 5 nitrogen and oxygen atoms in total. The van der Waals surface area contributed by atoms with Crippen molar-refractivity contribution in [1.29, 1.82) is 0 Å². The summed E-state index contributed by atoms with van der Waals surface area (Å²) >= 11 is 6.18. The van der Waals surface area contributed by atoms with Gasteiger partial charge in [0.15, 0.2) is 0 Å². The summed E-state index contributed by atoms with van der Waals surface area (Å²) in [7, 11) is -3.32. The molecule has 136 valence electrons. The smallest absolute Gasteiger partial charge is 0.257 e. The van der Waals surface area contributed by atoms with Crippen molar-refractivity contribution in [2.24, 2.45) is 0 Å². The fourth-order valence-electron chi connectivity index (χ4n) is 2.88. The molecule has 1 N–H and O–H groups in total. The monoisotopic (exact) mass is 390 g/mol. The number of rotatable bonds is 4. The molecule has 0 atom stereocenters.